The van der Waals surface area contributed by atoms with Crippen LogP contribution in [0.5, 0.6) is 0 Å². The average Bonchev–Trinajstić information content (AvgIpc) is 2.16. The van der Waals surface area contributed by atoms with Crippen LogP contribution in [0.2, 0.25) is 5.02 Å². The zero-order valence-corrected chi connectivity index (χ0v) is 10.3. The summed E-state index contributed by atoms with van der Waals surface area (Å²) in [5, 5.41) is 0.868. The number of hydrogen-bond acceptors (Lipinski definition) is 0. The summed E-state index contributed by atoms with van der Waals surface area (Å²) in [7, 11) is 0. The predicted octanol–water partition coefficient (Wildman–Crippen LogP) is 4.62. The minimum absolute atomic E-state index is 0.471. The molecule has 2 heteroatoms. The maximum Gasteiger partial charge on any atom is 0.0441 e. The van der Waals surface area contributed by atoms with Gasteiger partial charge in [0.15, 0.2) is 0 Å². The zero-order chi connectivity index (χ0) is 9.84. The van der Waals surface area contributed by atoms with Gasteiger partial charge in [0.1, 0.15) is 0 Å². The van der Waals surface area contributed by atoms with Gasteiger partial charge < -0.3 is 0 Å². The summed E-state index contributed by atoms with van der Waals surface area (Å²) in [6.07, 6.45) is 1.12. The third-order valence-corrected chi connectivity index (χ3v) is 4.11. The van der Waals surface area contributed by atoms with Gasteiger partial charge in [-0.25, -0.2) is 0 Å². The molecule has 1 rings (SSSR count). The molecule has 0 radical (unpaired) electrons. The van der Waals surface area contributed by atoms with E-state index in [4.69, 9.17) is 11.6 Å². The Morgan fingerprint density at radius 3 is 2.54 bits per heavy atom. The first-order valence-electron chi connectivity index (χ1n) is 4.55. The van der Waals surface area contributed by atoms with E-state index in [0.29, 0.717) is 10.7 Å². The molecule has 0 aromatic heterocycles. The summed E-state index contributed by atoms with van der Waals surface area (Å²) >= 11 is 9.75. The van der Waals surface area contributed by atoms with Crippen LogP contribution in [0, 0.1) is 0 Å². The van der Waals surface area contributed by atoms with Crippen molar-refractivity contribution in [3.05, 3.63) is 34.9 Å². The van der Waals surface area contributed by atoms with Crippen LogP contribution in [0.4, 0.5) is 0 Å². The molecule has 0 amide bonds. The highest BCUT2D eigenvalue weighted by Gasteiger charge is 2.15. The molecule has 0 bridgehead atoms. The van der Waals surface area contributed by atoms with Gasteiger partial charge in [0, 0.05) is 9.85 Å². The van der Waals surface area contributed by atoms with Gasteiger partial charge in [0.2, 0.25) is 0 Å². The lowest BCUT2D eigenvalue weighted by molar-refractivity contribution is 0.694. The number of hydrogen-bond donors (Lipinski definition) is 0. The summed E-state index contributed by atoms with van der Waals surface area (Å²) in [6, 6.07) is 8.04. The Morgan fingerprint density at radius 2 is 2.00 bits per heavy atom. The van der Waals surface area contributed by atoms with Crippen molar-refractivity contribution in [2.45, 2.75) is 31.0 Å². The van der Waals surface area contributed by atoms with Crippen LogP contribution in [0.25, 0.3) is 0 Å². The second-order valence-electron chi connectivity index (χ2n) is 3.23. The predicted molar refractivity (Wildman–Crippen MR) is 62.9 cm³/mol. The van der Waals surface area contributed by atoms with Crippen molar-refractivity contribution in [1.29, 1.82) is 0 Å². The van der Waals surface area contributed by atoms with Gasteiger partial charge in [0.05, 0.1) is 0 Å². The molecule has 2 atom stereocenters. The second kappa shape index (κ2) is 5.02. The van der Waals surface area contributed by atoms with Crippen LogP contribution < -0.4 is 0 Å². The third kappa shape index (κ3) is 2.72. The largest absolute Gasteiger partial charge is 0.0884 e. The molecule has 0 heterocycles. The van der Waals surface area contributed by atoms with Crippen LogP contribution in [-0.2, 0) is 0 Å². The lowest BCUT2D eigenvalue weighted by Gasteiger charge is -2.18. The molecule has 0 fully saturated rings. The van der Waals surface area contributed by atoms with Crippen molar-refractivity contribution >= 4 is 27.5 Å². The average molecular weight is 262 g/mol. The second-order valence-corrected chi connectivity index (χ2v) is 4.82. The van der Waals surface area contributed by atoms with Crippen molar-refractivity contribution in [3.8, 4) is 0 Å². The summed E-state index contributed by atoms with van der Waals surface area (Å²) < 4.78 is 0. The molecule has 0 saturated carbocycles. The molecular formula is C11H14BrCl. The molecule has 0 N–H and O–H groups in total. The topological polar surface area (TPSA) is 0 Å². The van der Waals surface area contributed by atoms with E-state index in [9.17, 15) is 0 Å². The number of alkyl halides is 1. The third-order valence-electron chi connectivity index (χ3n) is 2.33. The van der Waals surface area contributed by atoms with E-state index < -0.39 is 0 Å². The summed E-state index contributed by atoms with van der Waals surface area (Å²) in [5.74, 6) is 0.471. The highest BCUT2D eigenvalue weighted by molar-refractivity contribution is 9.09. The monoisotopic (exact) mass is 260 g/mol. The minimum Gasteiger partial charge on any atom is -0.0884 e. The van der Waals surface area contributed by atoms with Crippen LogP contribution in [0.15, 0.2) is 24.3 Å². The van der Waals surface area contributed by atoms with E-state index in [2.05, 4.69) is 35.8 Å². The van der Waals surface area contributed by atoms with Gasteiger partial charge in [-0.15, -0.1) is 0 Å². The smallest absolute Gasteiger partial charge is 0.0441 e. The van der Waals surface area contributed by atoms with Gasteiger partial charge in [-0.2, -0.15) is 0 Å². The fourth-order valence-corrected chi connectivity index (χ4v) is 1.99. The highest BCUT2D eigenvalue weighted by atomic mass is 79.9. The van der Waals surface area contributed by atoms with Crippen LogP contribution >= 0.6 is 27.5 Å². The lowest BCUT2D eigenvalue weighted by Crippen LogP contribution is -2.07. The number of rotatable bonds is 3. The summed E-state index contributed by atoms with van der Waals surface area (Å²) in [6.45, 7) is 4.37. The lowest BCUT2D eigenvalue weighted by atomic mass is 9.96. The van der Waals surface area contributed by atoms with Gasteiger partial charge in [-0.1, -0.05) is 59.6 Å². The van der Waals surface area contributed by atoms with Crippen molar-refractivity contribution in [1.82, 2.24) is 0 Å². The Hall–Kier alpha value is -0.0100. The van der Waals surface area contributed by atoms with E-state index in [1.54, 1.807) is 0 Å². The first-order chi connectivity index (χ1) is 6.16. The van der Waals surface area contributed by atoms with Crippen molar-refractivity contribution in [2.75, 3.05) is 0 Å². The first-order valence-corrected chi connectivity index (χ1v) is 5.84. The molecule has 0 aliphatic carbocycles. The first kappa shape index (κ1) is 11.1. The minimum atomic E-state index is 0.471. The van der Waals surface area contributed by atoms with Crippen LogP contribution in [0.1, 0.15) is 31.7 Å². The Labute approximate surface area is 93.4 Å². The van der Waals surface area contributed by atoms with Crippen LogP contribution in [0.3, 0.4) is 0 Å². The maximum absolute atomic E-state index is 6.10. The van der Waals surface area contributed by atoms with E-state index in [0.717, 1.165) is 11.4 Å². The van der Waals surface area contributed by atoms with E-state index in [1.165, 1.54) is 5.56 Å². The molecule has 0 saturated heterocycles. The standard InChI is InChI=1S/C11H14BrCl/c1-3-10(12)8(2)9-6-4-5-7-11(9)13/h4-8,10H,3H2,1-2H3. The van der Waals surface area contributed by atoms with Gasteiger partial charge in [-0.3, -0.25) is 0 Å². The molecule has 0 spiro atoms. The Kier molecular flexibility index (Phi) is 4.27. The normalized spacial score (nSPS) is 15.4. The van der Waals surface area contributed by atoms with Crippen molar-refractivity contribution < 1.29 is 0 Å². The van der Waals surface area contributed by atoms with Crippen molar-refractivity contribution in [3.63, 3.8) is 0 Å². The summed E-state index contributed by atoms with van der Waals surface area (Å²) in [5.41, 5.74) is 1.23. The molecule has 0 aliphatic heterocycles. The fourth-order valence-electron chi connectivity index (χ4n) is 1.39. The van der Waals surface area contributed by atoms with E-state index >= 15 is 0 Å². The van der Waals surface area contributed by atoms with Gasteiger partial charge >= 0.3 is 0 Å². The Morgan fingerprint density at radius 1 is 1.38 bits per heavy atom. The quantitative estimate of drug-likeness (QED) is 0.697. The van der Waals surface area contributed by atoms with E-state index in [-0.39, 0.29) is 0 Å². The van der Waals surface area contributed by atoms with Crippen LogP contribution in [-0.4, -0.2) is 4.83 Å². The number of benzene rings is 1. The molecule has 0 aliphatic rings. The molecule has 2 unspecified atom stereocenters. The highest BCUT2D eigenvalue weighted by Crippen LogP contribution is 2.31. The maximum atomic E-state index is 6.10. The molecule has 72 valence electrons. The Balaban J connectivity index is 2.88. The molecule has 13 heavy (non-hydrogen) atoms. The van der Waals surface area contributed by atoms with Gasteiger partial charge in [0.25, 0.3) is 0 Å². The molecule has 1 aromatic carbocycles. The molecule has 0 nitrogen and oxygen atoms in total. The zero-order valence-electron chi connectivity index (χ0n) is 7.93. The molecule has 1 aromatic rings. The van der Waals surface area contributed by atoms with Gasteiger partial charge in [-0.05, 0) is 24.0 Å². The summed E-state index contributed by atoms with van der Waals surface area (Å²) in [4.78, 5) is 0.507. The van der Waals surface area contributed by atoms with E-state index in [1.807, 2.05) is 18.2 Å². The SMILES string of the molecule is CCC(Br)C(C)c1ccccc1Cl. The fraction of sp³-hybridized carbons (Fsp3) is 0.455. The molecular weight excluding hydrogens is 247 g/mol. The Bertz CT molecular complexity index is 273. The van der Waals surface area contributed by atoms with Crippen molar-refractivity contribution in [2.24, 2.45) is 0 Å². The number of halogens is 2.